The van der Waals surface area contributed by atoms with E-state index < -0.39 is 0 Å². The molecule has 2 atom stereocenters. The van der Waals surface area contributed by atoms with Crippen molar-refractivity contribution in [2.24, 2.45) is 11.8 Å². The van der Waals surface area contributed by atoms with Gasteiger partial charge in [0.2, 0.25) is 0 Å². The number of anilines is 1. The van der Waals surface area contributed by atoms with E-state index in [2.05, 4.69) is 67.2 Å². The van der Waals surface area contributed by atoms with Crippen LogP contribution in [0, 0.1) is 11.8 Å². The Labute approximate surface area is 134 Å². The van der Waals surface area contributed by atoms with E-state index in [1.165, 1.54) is 48.6 Å². The molecule has 3 rings (SSSR count). The Morgan fingerprint density at radius 2 is 1.55 bits per heavy atom. The predicted octanol–water partition coefficient (Wildman–Crippen LogP) is 5.36. The Morgan fingerprint density at radius 3 is 2.27 bits per heavy atom. The first-order valence-electron chi connectivity index (χ1n) is 8.79. The van der Waals surface area contributed by atoms with Crippen molar-refractivity contribution in [1.82, 2.24) is 5.43 Å². The van der Waals surface area contributed by atoms with E-state index in [1.54, 1.807) is 0 Å². The van der Waals surface area contributed by atoms with Gasteiger partial charge in [0.1, 0.15) is 0 Å². The van der Waals surface area contributed by atoms with Crippen LogP contribution in [0.4, 0.5) is 5.69 Å². The molecule has 2 heteroatoms. The second kappa shape index (κ2) is 7.15. The molecule has 0 aromatic heterocycles. The molecular formula is C20H28N2. The van der Waals surface area contributed by atoms with E-state index in [0.29, 0.717) is 6.04 Å². The zero-order valence-electron chi connectivity index (χ0n) is 13.8. The first kappa shape index (κ1) is 15.4. The molecule has 2 nitrogen and oxygen atoms in total. The molecule has 22 heavy (non-hydrogen) atoms. The fourth-order valence-corrected chi connectivity index (χ4v) is 3.86. The molecule has 1 saturated carbocycles. The van der Waals surface area contributed by atoms with Gasteiger partial charge in [0.05, 0.1) is 5.69 Å². The maximum atomic E-state index is 3.61. The maximum absolute atomic E-state index is 3.61. The highest BCUT2D eigenvalue weighted by Gasteiger charge is 2.26. The van der Waals surface area contributed by atoms with Crippen molar-refractivity contribution in [3.63, 3.8) is 0 Å². The monoisotopic (exact) mass is 296 g/mol. The van der Waals surface area contributed by atoms with Crippen LogP contribution >= 0.6 is 0 Å². The summed E-state index contributed by atoms with van der Waals surface area (Å²) in [5.41, 5.74) is 8.29. The molecule has 2 aromatic rings. The van der Waals surface area contributed by atoms with E-state index in [-0.39, 0.29) is 0 Å². The number of fused-ring (bicyclic) bond motifs is 1. The fourth-order valence-electron chi connectivity index (χ4n) is 3.86. The van der Waals surface area contributed by atoms with Crippen LogP contribution in [0.3, 0.4) is 0 Å². The molecule has 0 bridgehead atoms. The highest BCUT2D eigenvalue weighted by Crippen LogP contribution is 2.33. The largest absolute Gasteiger partial charge is 0.321 e. The van der Waals surface area contributed by atoms with E-state index in [9.17, 15) is 0 Å². The molecule has 0 saturated heterocycles. The Balaban J connectivity index is 1.68. The van der Waals surface area contributed by atoms with E-state index in [4.69, 9.17) is 0 Å². The molecule has 1 fully saturated rings. The van der Waals surface area contributed by atoms with Crippen molar-refractivity contribution in [1.29, 1.82) is 0 Å². The molecule has 0 aliphatic heterocycles. The van der Waals surface area contributed by atoms with Gasteiger partial charge in [0.15, 0.2) is 0 Å². The second-order valence-electron chi connectivity index (χ2n) is 6.75. The minimum atomic E-state index is 0.586. The van der Waals surface area contributed by atoms with Crippen LogP contribution in [0.5, 0.6) is 0 Å². The van der Waals surface area contributed by atoms with E-state index >= 15 is 0 Å². The van der Waals surface area contributed by atoms with Gasteiger partial charge >= 0.3 is 0 Å². The number of hydrazine groups is 1. The van der Waals surface area contributed by atoms with E-state index in [1.807, 2.05) is 0 Å². The minimum Gasteiger partial charge on any atom is -0.321 e. The Bertz CT molecular complexity index is 590. The number of hydrogen-bond donors (Lipinski definition) is 2. The normalized spacial score (nSPS) is 25.3. The molecule has 1 aliphatic rings. The molecular weight excluding hydrogens is 268 g/mol. The second-order valence-corrected chi connectivity index (χ2v) is 6.75. The van der Waals surface area contributed by atoms with Crippen LogP contribution < -0.4 is 10.9 Å². The van der Waals surface area contributed by atoms with Gasteiger partial charge in [-0.1, -0.05) is 63.1 Å². The standard InChI is InChI=1S/C20H28N2/c1-3-15-12-16(4-2)14-18(13-15)21-22-20-11-7-9-17-8-5-6-10-19(17)20/h5-11,15-16,18,21-22H,3-4,12-14H2,1-2H3. The average Bonchev–Trinajstić information content (AvgIpc) is 2.59. The van der Waals surface area contributed by atoms with Crippen LogP contribution in [-0.2, 0) is 0 Å². The number of hydrogen-bond acceptors (Lipinski definition) is 2. The number of benzene rings is 2. The maximum Gasteiger partial charge on any atom is 0.0566 e. The van der Waals surface area contributed by atoms with Gasteiger partial charge in [0.25, 0.3) is 0 Å². The van der Waals surface area contributed by atoms with Crippen LogP contribution in [0.1, 0.15) is 46.0 Å². The lowest BCUT2D eigenvalue weighted by molar-refractivity contribution is 0.211. The third-order valence-corrected chi connectivity index (χ3v) is 5.26. The first-order valence-corrected chi connectivity index (χ1v) is 8.79. The van der Waals surface area contributed by atoms with Gasteiger partial charge < -0.3 is 5.43 Å². The van der Waals surface area contributed by atoms with Gasteiger partial charge in [-0.25, -0.2) is 5.43 Å². The zero-order valence-corrected chi connectivity index (χ0v) is 13.8. The summed E-state index contributed by atoms with van der Waals surface area (Å²) in [7, 11) is 0. The molecule has 2 N–H and O–H groups in total. The summed E-state index contributed by atoms with van der Waals surface area (Å²) in [6.45, 7) is 4.66. The lowest BCUT2D eigenvalue weighted by atomic mass is 9.76. The molecule has 1 aliphatic carbocycles. The van der Waals surface area contributed by atoms with Gasteiger partial charge in [-0.3, -0.25) is 0 Å². The average molecular weight is 296 g/mol. The minimum absolute atomic E-state index is 0.586. The quantitative estimate of drug-likeness (QED) is 0.726. The molecule has 0 radical (unpaired) electrons. The van der Waals surface area contributed by atoms with Crippen molar-refractivity contribution in [2.75, 3.05) is 5.43 Å². The topological polar surface area (TPSA) is 24.1 Å². The summed E-state index contributed by atoms with van der Waals surface area (Å²) in [6, 6.07) is 15.6. The summed E-state index contributed by atoms with van der Waals surface area (Å²) in [6.07, 6.45) is 6.63. The Morgan fingerprint density at radius 1 is 0.864 bits per heavy atom. The fraction of sp³-hybridized carbons (Fsp3) is 0.500. The van der Waals surface area contributed by atoms with Gasteiger partial charge in [-0.05, 0) is 42.6 Å². The van der Waals surface area contributed by atoms with Gasteiger partial charge in [0, 0.05) is 11.4 Å². The highest BCUT2D eigenvalue weighted by molar-refractivity contribution is 5.93. The molecule has 0 heterocycles. The van der Waals surface area contributed by atoms with E-state index in [0.717, 1.165) is 11.8 Å². The number of rotatable bonds is 5. The van der Waals surface area contributed by atoms with Crippen LogP contribution in [0.15, 0.2) is 42.5 Å². The molecule has 2 unspecified atom stereocenters. The Kier molecular flexibility index (Phi) is 4.99. The molecule has 0 amide bonds. The van der Waals surface area contributed by atoms with Crippen molar-refractivity contribution in [3.8, 4) is 0 Å². The van der Waals surface area contributed by atoms with Crippen molar-refractivity contribution < 1.29 is 0 Å². The third-order valence-electron chi connectivity index (χ3n) is 5.26. The zero-order chi connectivity index (χ0) is 15.4. The van der Waals surface area contributed by atoms with Crippen LogP contribution in [0.25, 0.3) is 10.8 Å². The summed E-state index contributed by atoms with van der Waals surface area (Å²) in [4.78, 5) is 0. The number of nitrogens with one attached hydrogen (secondary N) is 2. The van der Waals surface area contributed by atoms with Gasteiger partial charge in [-0.2, -0.15) is 0 Å². The lowest BCUT2D eigenvalue weighted by Crippen LogP contribution is -2.40. The SMILES string of the molecule is CCC1CC(CC)CC(NNc2cccc3ccccc23)C1. The highest BCUT2D eigenvalue weighted by atomic mass is 15.4. The Hall–Kier alpha value is -1.54. The summed E-state index contributed by atoms with van der Waals surface area (Å²) in [5, 5.41) is 2.57. The first-order chi connectivity index (χ1) is 10.8. The van der Waals surface area contributed by atoms with Crippen molar-refractivity contribution in [3.05, 3.63) is 42.5 Å². The molecule has 118 valence electrons. The van der Waals surface area contributed by atoms with Crippen LogP contribution in [-0.4, -0.2) is 6.04 Å². The lowest BCUT2D eigenvalue weighted by Gasteiger charge is -2.35. The van der Waals surface area contributed by atoms with Crippen molar-refractivity contribution >= 4 is 16.5 Å². The van der Waals surface area contributed by atoms with Gasteiger partial charge in [-0.15, -0.1) is 0 Å². The third kappa shape index (κ3) is 3.44. The predicted molar refractivity (Wildman–Crippen MR) is 95.9 cm³/mol. The van der Waals surface area contributed by atoms with Crippen molar-refractivity contribution in [2.45, 2.75) is 52.0 Å². The summed E-state index contributed by atoms with van der Waals surface area (Å²) < 4.78 is 0. The van der Waals surface area contributed by atoms with Crippen LogP contribution in [0.2, 0.25) is 0 Å². The smallest absolute Gasteiger partial charge is 0.0566 e. The molecule has 0 spiro atoms. The summed E-state index contributed by atoms with van der Waals surface area (Å²) >= 11 is 0. The molecule has 2 aromatic carbocycles. The summed E-state index contributed by atoms with van der Waals surface area (Å²) in [5.74, 6) is 1.76.